The first kappa shape index (κ1) is 14.0. The highest BCUT2D eigenvalue weighted by atomic mass is 16.5. The van der Waals surface area contributed by atoms with E-state index in [-0.39, 0.29) is 11.9 Å². The average Bonchev–Trinajstić information content (AvgIpc) is 2.92. The van der Waals surface area contributed by atoms with Gasteiger partial charge in [0.1, 0.15) is 0 Å². The fraction of sp³-hybridized carbons (Fsp3) is 0.692. The average molecular weight is 266 g/mol. The molecule has 1 unspecified atom stereocenters. The number of nitrogens with zero attached hydrogens (tertiary/aromatic N) is 3. The van der Waals surface area contributed by atoms with E-state index in [4.69, 9.17) is 4.74 Å². The van der Waals surface area contributed by atoms with Crippen molar-refractivity contribution in [3.05, 3.63) is 18.0 Å². The molecule has 1 amide bonds. The molecule has 0 bridgehead atoms. The third kappa shape index (κ3) is 3.54. The van der Waals surface area contributed by atoms with E-state index in [1.807, 2.05) is 22.6 Å². The number of amides is 1. The number of carbonyl (C=O) groups excluding carboxylic acids is 1. The van der Waals surface area contributed by atoms with E-state index in [1.165, 1.54) is 0 Å². The number of rotatable bonds is 5. The van der Waals surface area contributed by atoms with Crippen molar-refractivity contribution in [1.29, 1.82) is 0 Å². The molecule has 1 aliphatic rings. The maximum absolute atomic E-state index is 12.2. The Hall–Kier alpha value is -1.40. The van der Waals surface area contributed by atoms with Crippen LogP contribution in [0.15, 0.2) is 12.3 Å². The van der Waals surface area contributed by atoms with E-state index >= 15 is 0 Å². The van der Waals surface area contributed by atoms with Gasteiger partial charge in [-0.05, 0) is 19.9 Å². The van der Waals surface area contributed by atoms with Crippen molar-refractivity contribution in [1.82, 2.24) is 20.0 Å². The second kappa shape index (κ2) is 6.68. The van der Waals surface area contributed by atoms with Crippen LogP contribution in [0.5, 0.6) is 0 Å². The minimum atomic E-state index is -0.182. The van der Waals surface area contributed by atoms with Gasteiger partial charge < -0.3 is 15.0 Å². The van der Waals surface area contributed by atoms with Crippen LogP contribution < -0.4 is 5.32 Å². The third-order valence-electron chi connectivity index (χ3n) is 3.39. The molecule has 0 spiro atoms. The van der Waals surface area contributed by atoms with Gasteiger partial charge >= 0.3 is 0 Å². The monoisotopic (exact) mass is 266 g/mol. The van der Waals surface area contributed by atoms with Crippen LogP contribution in [0.3, 0.4) is 0 Å². The number of aromatic nitrogens is 2. The molecule has 0 radical (unpaired) electrons. The fourth-order valence-electron chi connectivity index (χ4n) is 2.20. The van der Waals surface area contributed by atoms with Crippen molar-refractivity contribution in [2.24, 2.45) is 0 Å². The molecule has 19 heavy (non-hydrogen) atoms. The minimum absolute atomic E-state index is 0.144. The predicted octanol–water partition coefficient (Wildman–Crippen LogP) is 0.240. The van der Waals surface area contributed by atoms with E-state index in [1.54, 1.807) is 6.20 Å². The molecule has 1 saturated heterocycles. The lowest BCUT2D eigenvalue weighted by Gasteiger charge is -2.29. The second-order valence-corrected chi connectivity index (χ2v) is 4.68. The molecule has 1 N–H and O–H groups in total. The molecule has 1 fully saturated rings. The number of ether oxygens (including phenoxy) is 1. The molecular weight excluding hydrogens is 244 g/mol. The summed E-state index contributed by atoms with van der Waals surface area (Å²) in [5, 5.41) is 7.48. The van der Waals surface area contributed by atoms with Gasteiger partial charge in [-0.15, -0.1) is 0 Å². The van der Waals surface area contributed by atoms with Crippen molar-refractivity contribution in [3.8, 4) is 0 Å². The first-order chi connectivity index (χ1) is 9.22. The van der Waals surface area contributed by atoms with E-state index in [2.05, 4.69) is 17.3 Å². The first-order valence-corrected chi connectivity index (χ1v) is 6.83. The number of morpholine rings is 1. The Morgan fingerprint density at radius 1 is 1.53 bits per heavy atom. The minimum Gasteiger partial charge on any atom is -0.378 e. The summed E-state index contributed by atoms with van der Waals surface area (Å²) in [4.78, 5) is 14.1. The predicted molar refractivity (Wildman–Crippen MR) is 71.6 cm³/mol. The Morgan fingerprint density at radius 2 is 2.26 bits per heavy atom. The largest absolute Gasteiger partial charge is 0.378 e. The summed E-state index contributed by atoms with van der Waals surface area (Å²) in [6.45, 7) is 8.13. The number of nitrogens with one attached hydrogen (secondary N) is 1. The summed E-state index contributed by atoms with van der Waals surface area (Å²) in [6, 6.07) is 1.79. The van der Waals surface area contributed by atoms with Crippen molar-refractivity contribution >= 4 is 5.91 Å². The standard InChI is InChI=1S/C13H22N4O2/c1-3-17-12(4-5-15-17)10-14-11(2)13(18)16-6-8-19-9-7-16/h4-5,11,14H,3,6-10H2,1-2H3. The molecule has 106 valence electrons. The Bertz CT molecular complexity index is 413. The fourth-order valence-corrected chi connectivity index (χ4v) is 2.20. The lowest BCUT2D eigenvalue weighted by atomic mass is 10.2. The highest BCUT2D eigenvalue weighted by Gasteiger charge is 2.22. The van der Waals surface area contributed by atoms with Gasteiger partial charge in [-0.2, -0.15) is 5.10 Å². The summed E-state index contributed by atoms with van der Waals surface area (Å²) >= 11 is 0. The van der Waals surface area contributed by atoms with Crippen LogP contribution in [0.1, 0.15) is 19.5 Å². The summed E-state index contributed by atoms with van der Waals surface area (Å²) < 4.78 is 7.18. The van der Waals surface area contributed by atoms with Crippen LogP contribution in [0.25, 0.3) is 0 Å². The Labute approximate surface area is 113 Å². The molecule has 1 aliphatic heterocycles. The van der Waals surface area contributed by atoms with E-state index in [9.17, 15) is 4.79 Å². The molecular formula is C13H22N4O2. The van der Waals surface area contributed by atoms with Crippen molar-refractivity contribution in [3.63, 3.8) is 0 Å². The van der Waals surface area contributed by atoms with Crippen LogP contribution >= 0.6 is 0 Å². The first-order valence-electron chi connectivity index (χ1n) is 6.83. The van der Waals surface area contributed by atoms with Gasteiger partial charge in [-0.3, -0.25) is 9.48 Å². The molecule has 6 heteroatoms. The van der Waals surface area contributed by atoms with Gasteiger partial charge in [0, 0.05) is 32.4 Å². The van der Waals surface area contributed by atoms with Crippen LogP contribution in [0.4, 0.5) is 0 Å². The highest BCUT2D eigenvalue weighted by molar-refractivity contribution is 5.81. The van der Waals surface area contributed by atoms with Gasteiger partial charge in [-0.1, -0.05) is 0 Å². The Morgan fingerprint density at radius 3 is 2.95 bits per heavy atom. The number of carbonyl (C=O) groups is 1. The number of hydrogen-bond acceptors (Lipinski definition) is 4. The van der Waals surface area contributed by atoms with Crippen LogP contribution in [-0.2, 0) is 22.6 Å². The van der Waals surface area contributed by atoms with Gasteiger partial charge in [0.25, 0.3) is 0 Å². The van der Waals surface area contributed by atoms with Crippen molar-refractivity contribution in [2.75, 3.05) is 26.3 Å². The third-order valence-corrected chi connectivity index (χ3v) is 3.39. The summed E-state index contributed by atoms with van der Waals surface area (Å²) in [7, 11) is 0. The maximum Gasteiger partial charge on any atom is 0.239 e. The lowest BCUT2D eigenvalue weighted by molar-refractivity contribution is -0.137. The Kier molecular flexibility index (Phi) is 4.93. The SMILES string of the molecule is CCn1nccc1CNC(C)C(=O)N1CCOCC1. The smallest absolute Gasteiger partial charge is 0.239 e. The molecule has 1 aromatic rings. The highest BCUT2D eigenvalue weighted by Crippen LogP contribution is 2.03. The summed E-state index contributed by atoms with van der Waals surface area (Å²) in [5.41, 5.74) is 1.10. The van der Waals surface area contributed by atoms with Crippen LogP contribution in [0.2, 0.25) is 0 Å². The van der Waals surface area contributed by atoms with Gasteiger partial charge in [0.05, 0.1) is 24.9 Å². The van der Waals surface area contributed by atoms with Crippen LogP contribution in [-0.4, -0.2) is 52.9 Å². The zero-order valence-corrected chi connectivity index (χ0v) is 11.6. The van der Waals surface area contributed by atoms with E-state index < -0.39 is 0 Å². The zero-order chi connectivity index (χ0) is 13.7. The molecule has 6 nitrogen and oxygen atoms in total. The molecule has 1 aromatic heterocycles. The van der Waals surface area contributed by atoms with E-state index in [0.29, 0.717) is 32.8 Å². The maximum atomic E-state index is 12.2. The number of hydrogen-bond donors (Lipinski definition) is 1. The molecule has 0 aromatic carbocycles. The zero-order valence-electron chi connectivity index (χ0n) is 11.6. The Balaban J connectivity index is 1.83. The molecule has 2 heterocycles. The summed E-state index contributed by atoms with van der Waals surface area (Å²) in [6.07, 6.45) is 1.79. The summed E-state index contributed by atoms with van der Waals surface area (Å²) in [5.74, 6) is 0.144. The quantitative estimate of drug-likeness (QED) is 0.829. The normalized spacial score (nSPS) is 17.5. The number of aryl methyl sites for hydroxylation is 1. The molecule has 1 atom stereocenters. The molecule has 0 saturated carbocycles. The lowest BCUT2D eigenvalue weighted by Crippen LogP contribution is -2.49. The second-order valence-electron chi connectivity index (χ2n) is 4.68. The molecule has 0 aliphatic carbocycles. The van der Waals surface area contributed by atoms with E-state index in [0.717, 1.165) is 12.2 Å². The van der Waals surface area contributed by atoms with Gasteiger partial charge in [0.15, 0.2) is 0 Å². The topological polar surface area (TPSA) is 59.4 Å². The van der Waals surface area contributed by atoms with Crippen LogP contribution in [0, 0.1) is 0 Å². The van der Waals surface area contributed by atoms with Crippen molar-refractivity contribution in [2.45, 2.75) is 33.0 Å². The van der Waals surface area contributed by atoms with Crippen molar-refractivity contribution < 1.29 is 9.53 Å². The molecule has 2 rings (SSSR count). The van der Waals surface area contributed by atoms with Gasteiger partial charge in [0.2, 0.25) is 5.91 Å². The van der Waals surface area contributed by atoms with Gasteiger partial charge in [-0.25, -0.2) is 0 Å².